The van der Waals surface area contributed by atoms with E-state index in [2.05, 4.69) is 23.2 Å². The standard InChI is InChI=1S/C27H30ClN3O2/c1-6-9-24(32)31-15-8-14-27(17-31,20-10-7-11-22(28)18(20)2)29-19-12-13-21-23(16-19)30(5)25(33)26(21,3)4/h7,10-13,16,29H,8,14-15,17H2,1-5H3/t27-/m0/s1. The van der Waals surface area contributed by atoms with Gasteiger partial charge < -0.3 is 15.1 Å². The highest BCUT2D eigenvalue weighted by Gasteiger charge is 2.43. The Morgan fingerprint density at radius 2 is 1.94 bits per heavy atom. The number of likely N-dealkylation sites (tertiary alicyclic amines) is 1. The first-order valence-electron chi connectivity index (χ1n) is 11.3. The first kappa shape index (κ1) is 23.2. The molecule has 2 aliphatic rings. The quantitative estimate of drug-likeness (QED) is 0.661. The van der Waals surface area contributed by atoms with Gasteiger partial charge in [-0.05, 0) is 81.3 Å². The van der Waals surface area contributed by atoms with Gasteiger partial charge in [-0.2, -0.15) is 0 Å². The van der Waals surface area contributed by atoms with Crippen molar-refractivity contribution in [2.45, 2.75) is 51.5 Å². The molecule has 1 N–H and O–H groups in total. The molecule has 2 heterocycles. The molecule has 5 nitrogen and oxygen atoms in total. The molecule has 0 spiro atoms. The van der Waals surface area contributed by atoms with Gasteiger partial charge in [0.05, 0.1) is 11.0 Å². The molecule has 2 aromatic carbocycles. The fraction of sp³-hybridized carbons (Fsp3) is 0.407. The van der Waals surface area contributed by atoms with Crippen LogP contribution in [0.4, 0.5) is 11.4 Å². The lowest BCUT2D eigenvalue weighted by Crippen LogP contribution is -2.52. The van der Waals surface area contributed by atoms with E-state index in [4.69, 9.17) is 11.6 Å². The van der Waals surface area contributed by atoms with Crippen LogP contribution in [0.2, 0.25) is 5.02 Å². The monoisotopic (exact) mass is 463 g/mol. The first-order chi connectivity index (χ1) is 15.6. The van der Waals surface area contributed by atoms with Crippen molar-refractivity contribution in [1.29, 1.82) is 0 Å². The van der Waals surface area contributed by atoms with Crippen LogP contribution in [0.25, 0.3) is 0 Å². The van der Waals surface area contributed by atoms with E-state index in [1.54, 1.807) is 11.8 Å². The molecule has 0 bridgehead atoms. The summed E-state index contributed by atoms with van der Waals surface area (Å²) in [7, 11) is 1.82. The maximum atomic E-state index is 12.8. The molecule has 2 aliphatic heterocycles. The van der Waals surface area contributed by atoms with Crippen LogP contribution in [0.1, 0.15) is 50.3 Å². The number of piperidine rings is 1. The first-order valence-corrected chi connectivity index (χ1v) is 11.7. The number of nitrogens with zero attached hydrogens (tertiary/aromatic N) is 2. The predicted molar refractivity (Wildman–Crippen MR) is 134 cm³/mol. The minimum Gasteiger partial charge on any atom is -0.374 e. The predicted octanol–water partition coefficient (Wildman–Crippen LogP) is 4.86. The summed E-state index contributed by atoms with van der Waals surface area (Å²) < 4.78 is 0. The number of amides is 2. The van der Waals surface area contributed by atoms with Gasteiger partial charge in [0.25, 0.3) is 5.91 Å². The normalized spacial score (nSPS) is 21.3. The SMILES string of the molecule is CC#CC(=O)N1CCC[C@@](Nc2ccc3c(c2)N(C)C(=O)C3(C)C)(c2cccc(Cl)c2C)C1. The average Bonchev–Trinajstić information content (AvgIpc) is 2.95. The zero-order valence-electron chi connectivity index (χ0n) is 19.9. The second kappa shape index (κ2) is 8.43. The Morgan fingerprint density at radius 3 is 2.67 bits per heavy atom. The maximum Gasteiger partial charge on any atom is 0.298 e. The van der Waals surface area contributed by atoms with Crippen molar-refractivity contribution in [3.05, 3.63) is 58.1 Å². The number of hydrogen-bond donors (Lipinski definition) is 1. The summed E-state index contributed by atoms with van der Waals surface area (Å²) in [5.74, 6) is 5.34. The van der Waals surface area contributed by atoms with E-state index in [0.29, 0.717) is 18.1 Å². The molecule has 1 saturated heterocycles. The Bertz CT molecular complexity index is 1190. The van der Waals surface area contributed by atoms with E-state index in [-0.39, 0.29) is 11.8 Å². The summed E-state index contributed by atoms with van der Waals surface area (Å²) in [5.41, 5.74) is 3.83. The molecule has 0 unspecified atom stereocenters. The molecule has 4 rings (SSSR count). The summed E-state index contributed by atoms with van der Waals surface area (Å²) in [4.78, 5) is 29.0. The third-order valence-electron chi connectivity index (χ3n) is 7.05. The number of anilines is 2. The number of carbonyl (C=O) groups is 2. The number of likely N-dealkylation sites (N-methyl/N-ethyl adjacent to an activating group) is 1. The molecule has 1 atom stereocenters. The fourth-order valence-electron chi connectivity index (χ4n) is 5.27. The van der Waals surface area contributed by atoms with Crippen LogP contribution in [0.5, 0.6) is 0 Å². The van der Waals surface area contributed by atoms with Crippen LogP contribution in [-0.4, -0.2) is 36.9 Å². The van der Waals surface area contributed by atoms with Crippen molar-refractivity contribution in [2.75, 3.05) is 30.4 Å². The van der Waals surface area contributed by atoms with Gasteiger partial charge in [0.2, 0.25) is 5.91 Å². The molecule has 2 amide bonds. The van der Waals surface area contributed by atoms with Gasteiger partial charge in [-0.15, -0.1) is 0 Å². The second-order valence-electron chi connectivity index (χ2n) is 9.55. The number of carbonyl (C=O) groups excluding carboxylic acids is 2. The van der Waals surface area contributed by atoms with Gasteiger partial charge >= 0.3 is 0 Å². The topological polar surface area (TPSA) is 52.7 Å². The highest BCUT2D eigenvalue weighted by Crippen LogP contribution is 2.44. The van der Waals surface area contributed by atoms with Gasteiger partial charge in [0.15, 0.2) is 0 Å². The third kappa shape index (κ3) is 3.87. The lowest BCUT2D eigenvalue weighted by molar-refractivity contribution is -0.127. The summed E-state index contributed by atoms with van der Waals surface area (Å²) >= 11 is 6.52. The van der Waals surface area contributed by atoms with Crippen molar-refractivity contribution in [3.63, 3.8) is 0 Å². The van der Waals surface area contributed by atoms with Crippen molar-refractivity contribution >= 4 is 34.8 Å². The molecular weight excluding hydrogens is 434 g/mol. The van der Waals surface area contributed by atoms with E-state index in [0.717, 1.165) is 40.9 Å². The van der Waals surface area contributed by atoms with Crippen LogP contribution in [0, 0.1) is 18.8 Å². The Labute approximate surface area is 201 Å². The summed E-state index contributed by atoms with van der Waals surface area (Å²) in [6.45, 7) is 8.77. The van der Waals surface area contributed by atoms with Crippen LogP contribution >= 0.6 is 11.6 Å². The van der Waals surface area contributed by atoms with Crippen LogP contribution < -0.4 is 10.2 Å². The van der Waals surface area contributed by atoms with Gasteiger partial charge in [0, 0.05) is 36.5 Å². The number of hydrogen-bond acceptors (Lipinski definition) is 3. The third-order valence-corrected chi connectivity index (χ3v) is 7.46. The molecule has 33 heavy (non-hydrogen) atoms. The fourth-order valence-corrected chi connectivity index (χ4v) is 5.44. The lowest BCUT2D eigenvalue weighted by atomic mass is 9.79. The van der Waals surface area contributed by atoms with Crippen LogP contribution in [0.3, 0.4) is 0 Å². The Hall–Kier alpha value is -2.97. The number of halogens is 1. The minimum absolute atomic E-state index is 0.0858. The maximum absolute atomic E-state index is 12.8. The molecule has 0 radical (unpaired) electrons. The molecule has 2 aromatic rings. The van der Waals surface area contributed by atoms with Crippen molar-refractivity contribution in [1.82, 2.24) is 4.90 Å². The summed E-state index contributed by atoms with van der Waals surface area (Å²) in [6.07, 6.45) is 1.68. The highest BCUT2D eigenvalue weighted by molar-refractivity contribution is 6.31. The molecule has 0 saturated carbocycles. The van der Waals surface area contributed by atoms with Crippen LogP contribution in [0.15, 0.2) is 36.4 Å². The van der Waals surface area contributed by atoms with Crippen molar-refractivity contribution in [2.24, 2.45) is 0 Å². The Kier molecular flexibility index (Phi) is 5.92. The number of fused-ring (bicyclic) bond motifs is 1. The zero-order chi connectivity index (χ0) is 24.0. The van der Waals surface area contributed by atoms with E-state index in [9.17, 15) is 9.59 Å². The molecule has 1 fully saturated rings. The smallest absolute Gasteiger partial charge is 0.298 e. The molecule has 0 aromatic heterocycles. The number of benzene rings is 2. The molecule has 0 aliphatic carbocycles. The van der Waals surface area contributed by atoms with Gasteiger partial charge in [-0.25, -0.2) is 0 Å². The van der Waals surface area contributed by atoms with Crippen LogP contribution in [-0.2, 0) is 20.5 Å². The Morgan fingerprint density at radius 1 is 1.18 bits per heavy atom. The van der Waals surface area contributed by atoms with Gasteiger partial charge in [-0.1, -0.05) is 35.7 Å². The average molecular weight is 464 g/mol. The molecule has 6 heteroatoms. The van der Waals surface area contributed by atoms with E-state index in [1.807, 2.05) is 63.1 Å². The minimum atomic E-state index is -0.545. The lowest BCUT2D eigenvalue weighted by Gasteiger charge is -2.45. The number of nitrogens with one attached hydrogen (secondary N) is 1. The molecular formula is C27H30ClN3O2. The second-order valence-corrected chi connectivity index (χ2v) is 9.95. The van der Waals surface area contributed by atoms with Gasteiger partial charge in [0.1, 0.15) is 0 Å². The number of rotatable bonds is 3. The van der Waals surface area contributed by atoms with E-state index in [1.165, 1.54) is 0 Å². The molecule has 172 valence electrons. The highest BCUT2D eigenvalue weighted by atomic mass is 35.5. The van der Waals surface area contributed by atoms with Gasteiger partial charge in [-0.3, -0.25) is 9.59 Å². The van der Waals surface area contributed by atoms with E-state index >= 15 is 0 Å². The Balaban J connectivity index is 1.79. The summed E-state index contributed by atoms with van der Waals surface area (Å²) in [5, 5.41) is 4.46. The zero-order valence-corrected chi connectivity index (χ0v) is 20.6. The summed E-state index contributed by atoms with van der Waals surface area (Å²) in [6, 6.07) is 12.0. The van der Waals surface area contributed by atoms with Crippen molar-refractivity contribution in [3.8, 4) is 11.8 Å². The largest absolute Gasteiger partial charge is 0.374 e. The van der Waals surface area contributed by atoms with E-state index < -0.39 is 11.0 Å². The van der Waals surface area contributed by atoms with Crippen molar-refractivity contribution < 1.29 is 9.59 Å².